The molecule has 32 atom stereocenters. The summed E-state index contributed by atoms with van der Waals surface area (Å²) in [4.78, 5) is 0. The molecule has 0 saturated heterocycles. The molecule has 10 fully saturated rings. The predicted octanol–water partition coefficient (Wildman–Crippen LogP) is 33.8. The van der Waals surface area contributed by atoms with Crippen molar-refractivity contribution in [2.45, 2.75) is 408 Å². The molecular weight excluding hydrogens is 1090 g/mol. The van der Waals surface area contributed by atoms with Crippen molar-refractivity contribution in [3.63, 3.8) is 0 Å². The van der Waals surface area contributed by atoms with Gasteiger partial charge in [-0.15, -0.1) is 0 Å². The Labute approximate surface area is 593 Å². The highest BCUT2D eigenvalue weighted by atomic mass is 14.8. The van der Waals surface area contributed by atoms with Gasteiger partial charge in [-0.1, -0.05) is 363 Å². The summed E-state index contributed by atoms with van der Waals surface area (Å²) in [7, 11) is 0. The molecule has 0 nitrogen and oxygen atoms in total. The Morgan fingerprint density at radius 3 is 0.780 bits per heavy atom. The van der Waals surface area contributed by atoms with Crippen molar-refractivity contribution >= 4 is 0 Å². The lowest BCUT2D eigenvalue weighted by Gasteiger charge is -2.75. The minimum atomic E-state index is 0. The van der Waals surface area contributed by atoms with E-state index in [1.54, 1.807) is 12.8 Å². The molecule has 0 amide bonds. The summed E-state index contributed by atoms with van der Waals surface area (Å²) < 4.78 is 0. The van der Waals surface area contributed by atoms with Gasteiger partial charge in [-0.3, -0.25) is 0 Å². The van der Waals surface area contributed by atoms with Crippen LogP contribution in [0.1, 0.15) is 408 Å². The van der Waals surface area contributed by atoms with Crippen LogP contribution in [0.5, 0.6) is 0 Å². The molecule has 0 heterocycles. The van der Waals surface area contributed by atoms with Gasteiger partial charge in [-0.25, -0.2) is 0 Å². The molecule has 10 aliphatic carbocycles. The van der Waals surface area contributed by atoms with Crippen molar-refractivity contribution in [2.75, 3.05) is 0 Å². The Morgan fingerprint density at radius 2 is 0.484 bits per heavy atom. The molecule has 0 bridgehead atoms. The number of hydrogen-bond donors (Lipinski definition) is 0. The van der Waals surface area contributed by atoms with E-state index in [1.807, 2.05) is 138 Å². The number of rotatable bonds is 2. The summed E-state index contributed by atoms with van der Waals surface area (Å²) in [6.07, 6.45) is 16.5. The lowest BCUT2D eigenvalue weighted by Crippen LogP contribution is -2.70. The van der Waals surface area contributed by atoms with Crippen LogP contribution in [0.25, 0.3) is 0 Å². The van der Waals surface area contributed by atoms with Crippen molar-refractivity contribution in [3.05, 3.63) is 0 Å². The molecule has 0 aromatic rings. The minimum Gasteiger partial charge on any atom is -0.0776 e. The van der Waals surface area contributed by atoms with Crippen LogP contribution in [0.3, 0.4) is 0 Å². The van der Waals surface area contributed by atoms with Gasteiger partial charge in [-0.05, 0) is 233 Å². The number of hydrogen-bond acceptors (Lipinski definition) is 0. The molecule has 0 aliphatic heterocycles. The first-order chi connectivity index (χ1) is 38.8. The van der Waals surface area contributed by atoms with E-state index in [0.717, 1.165) is 178 Å². The third-order valence-electron chi connectivity index (χ3n) is 26.5. The van der Waals surface area contributed by atoms with E-state index >= 15 is 0 Å². The Kier molecular flexibility index (Phi) is 72.5. The number of fused-ring (bicyclic) bond motifs is 2. The van der Waals surface area contributed by atoms with Crippen LogP contribution in [0.15, 0.2) is 0 Å². The fourth-order valence-corrected chi connectivity index (χ4v) is 26.3. The highest BCUT2D eigenvalue weighted by Crippen LogP contribution is 2.79. The van der Waals surface area contributed by atoms with Crippen molar-refractivity contribution in [2.24, 2.45) is 188 Å². The predicted molar refractivity (Wildman–Crippen MR) is 443 cm³/mol. The maximum absolute atomic E-state index is 2.82. The molecule has 91 heavy (non-hydrogen) atoms. The molecular formula is C91H206. The minimum absolute atomic E-state index is 0. The van der Waals surface area contributed by atoms with E-state index in [2.05, 4.69) is 125 Å². The summed E-state index contributed by atoms with van der Waals surface area (Å²) in [5.41, 5.74) is 1.24. The molecule has 2 spiro atoms. The van der Waals surface area contributed by atoms with Crippen LogP contribution in [-0.2, 0) is 0 Å². The summed E-state index contributed by atoms with van der Waals surface area (Å²) >= 11 is 0. The van der Waals surface area contributed by atoms with Crippen LogP contribution in [0, 0.1) is 188 Å². The molecule has 0 N–H and O–H groups in total. The molecule has 570 valence electrons. The largest absolute Gasteiger partial charge is 0.0776 e. The van der Waals surface area contributed by atoms with E-state index in [9.17, 15) is 0 Å². The van der Waals surface area contributed by atoms with E-state index in [1.165, 1.54) is 57.8 Å². The molecule has 0 heteroatoms. The maximum Gasteiger partial charge on any atom is -0.0174 e. The normalized spacial score (nSPS) is 43.7. The van der Waals surface area contributed by atoms with E-state index in [0.29, 0.717) is 10.8 Å². The lowest BCUT2D eigenvalue weighted by molar-refractivity contribution is -0.276. The van der Waals surface area contributed by atoms with Crippen LogP contribution < -0.4 is 0 Å². The van der Waals surface area contributed by atoms with E-state index in [-0.39, 0.29) is 74.3 Å². The van der Waals surface area contributed by atoms with Crippen molar-refractivity contribution in [3.8, 4) is 0 Å². The first-order valence-corrected chi connectivity index (χ1v) is 38.8. The van der Waals surface area contributed by atoms with E-state index < -0.39 is 0 Å². The Balaban J connectivity index is -0.0000000990. The van der Waals surface area contributed by atoms with E-state index in [4.69, 9.17) is 0 Å². The highest BCUT2D eigenvalue weighted by molar-refractivity contribution is 5.21. The van der Waals surface area contributed by atoms with Gasteiger partial charge < -0.3 is 0 Å². The summed E-state index contributed by atoms with van der Waals surface area (Å²) in [5, 5.41) is 0. The Hall–Kier alpha value is 0. The quantitative estimate of drug-likeness (QED) is 0.259. The standard InChI is InChI=1S/C31H54.C30H52.10C2H6.10CH4/c1-10-24-15-21(7)29-19(5)14-20(6)30-25-12-11-16(2)26-17(3)13-18(4)27(28(25)26)23(9)31(29,30)22(24)8;1-10-23-20(7)28-18(5)14-19(6)29-24-12-11-15(2)25-16(3)13-17(4)26(27(24)25)22(9)30(28,29)21(23)8;10*1-2;;;;;;;;;;/h16-30H,10-15H2,1-9H3;15-29H,10-14H2,1-9H3;10*1-2H3;10*1H4. The third kappa shape index (κ3) is 21.0. The van der Waals surface area contributed by atoms with Gasteiger partial charge >= 0.3 is 0 Å². The zero-order chi connectivity index (χ0) is 64.1. The fourth-order valence-electron chi connectivity index (χ4n) is 26.3. The van der Waals surface area contributed by atoms with Crippen LogP contribution in [0.4, 0.5) is 0 Å². The lowest BCUT2D eigenvalue weighted by atomic mass is 9.29. The molecule has 0 aromatic heterocycles. The van der Waals surface area contributed by atoms with Gasteiger partial charge in [0, 0.05) is 0 Å². The zero-order valence-corrected chi connectivity index (χ0v) is 64.1. The van der Waals surface area contributed by atoms with Gasteiger partial charge in [0.2, 0.25) is 0 Å². The second-order valence-corrected chi connectivity index (χ2v) is 28.2. The Morgan fingerprint density at radius 1 is 0.231 bits per heavy atom. The fraction of sp³-hybridized carbons (Fsp3) is 1.00. The second kappa shape index (κ2) is 55.8. The second-order valence-electron chi connectivity index (χ2n) is 28.2. The SMILES string of the molecule is C.C.C.C.C.C.C.C.C.C.CC.CC.CC.CC.CC.CC.CC.CC.CC.CC.CCC1C(C)C2C(C)CC(C)C3C4CCC(C)C5C(C)CC(C)C(C45)C(C)C23C1C.CCC1CC(C)C2C(C)CC(C)C3C4CCC(C)C5C(C)CC(C)C(C45)C(C)C23C1C. The van der Waals surface area contributed by atoms with Crippen LogP contribution >= 0.6 is 0 Å². The highest BCUT2D eigenvalue weighted by Gasteiger charge is 2.74. The van der Waals surface area contributed by atoms with Gasteiger partial charge in [0.25, 0.3) is 0 Å². The average Bonchev–Trinajstić information content (AvgIpc) is 1.84. The molecule has 32 unspecified atom stereocenters. The molecule has 10 saturated carbocycles. The summed E-state index contributed by atoms with van der Waals surface area (Å²) in [6, 6.07) is 0. The molecule has 0 aromatic carbocycles. The van der Waals surface area contributed by atoms with Gasteiger partial charge in [0.15, 0.2) is 0 Å². The molecule has 10 rings (SSSR count). The molecule has 0 radical (unpaired) electrons. The van der Waals surface area contributed by atoms with Gasteiger partial charge in [0.1, 0.15) is 0 Å². The summed E-state index contributed by atoms with van der Waals surface area (Å²) in [5.74, 6) is 29.1. The Bertz CT molecular complexity index is 1540. The average molecular weight is 1300 g/mol. The monoisotopic (exact) mass is 1300 g/mol. The van der Waals surface area contributed by atoms with Gasteiger partial charge in [0.05, 0.1) is 0 Å². The topological polar surface area (TPSA) is 0 Å². The van der Waals surface area contributed by atoms with Crippen LogP contribution in [-0.4, -0.2) is 0 Å². The van der Waals surface area contributed by atoms with Crippen molar-refractivity contribution in [1.29, 1.82) is 0 Å². The molecule has 10 aliphatic rings. The third-order valence-corrected chi connectivity index (χ3v) is 26.5. The smallest absolute Gasteiger partial charge is 0.0174 e. The van der Waals surface area contributed by atoms with Gasteiger partial charge in [-0.2, -0.15) is 0 Å². The maximum atomic E-state index is 2.82. The first kappa shape index (κ1) is 118. The summed E-state index contributed by atoms with van der Waals surface area (Å²) in [6.45, 7) is 88.1. The van der Waals surface area contributed by atoms with Crippen molar-refractivity contribution in [1.82, 2.24) is 0 Å². The first-order valence-electron chi connectivity index (χ1n) is 38.8. The zero-order valence-electron chi connectivity index (χ0n) is 64.1. The van der Waals surface area contributed by atoms with Crippen LogP contribution in [0.2, 0.25) is 0 Å². The van der Waals surface area contributed by atoms with Crippen molar-refractivity contribution < 1.29 is 0 Å².